The molecule has 0 N–H and O–H groups in total. The molecule has 1 amide bonds. The molecule has 3 heterocycles. The largest absolute Gasteiger partial charge is 0.368 e. The fourth-order valence-electron chi connectivity index (χ4n) is 4.49. The summed E-state index contributed by atoms with van der Waals surface area (Å²) >= 11 is 0. The zero-order chi connectivity index (χ0) is 21.4. The number of ether oxygens (including phenoxy) is 1. The van der Waals surface area contributed by atoms with Crippen molar-refractivity contribution in [2.45, 2.75) is 24.9 Å². The highest BCUT2D eigenvalue weighted by Gasteiger charge is 2.44. The zero-order valence-corrected chi connectivity index (χ0v) is 16.9. The van der Waals surface area contributed by atoms with Gasteiger partial charge in [-0.05, 0) is 55.2 Å². The van der Waals surface area contributed by atoms with Gasteiger partial charge in [-0.1, -0.05) is 18.2 Å². The van der Waals surface area contributed by atoms with Gasteiger partial charge in [-0.2, -0.15) is 10.4 Å². The third kappa shape index (κ3) is 3.39. The van der Waals surface area contributed by atoms with Crippen molar-refractivity contribution in [3.63, 3.8) is 0 Å². The second-order valence-electron chi connectivity index (χ2n) is 7.97. The maximum Gasteiger partial charge on any atom is 0.256 e. The van der Waals surface area contributed by atoms with Gasteiger partial charge in [-0.15, -0.1) is 0 Å². The van der Waals surface area contributed by atoms with Gasteiger partial charge in [0.2, 0.25) is 0 Å². The summed E-state index contributed by atoms with van der Waals surface area (Å²) in [7, 11) is 0. The van der Waals surface area contributed by atoms with E-state index < -0.39 is 11.4 Å². The lowest BCUT2D eigenvalue weighted by molar-refractivity contribution is -0.0963. The van der Waals surface area contributed by atoms with Gasteiger partial charge in [0.25, 0.3) is 5.91 Å². The van der Waals surface area contributed by atoms with Crippen LogP contribution in [0.15, 0.2) is 54.7 Å². The molecular formula is C24H21FN4O2. The number of halogens is 1. The molecule has 2 aromatic carbocycles. The minimum atomic E-state index is -0.665. The fourth-order valence-corrected chi connectivity index (χ4v) is 4.49. The maximum absolute atomic E-state index is 14.3. The first-order valence-electron chi connectivity index (χ1n) is 10.4. The molecule has 3 aromatic rings. The fraction of sp³-hybridized carbons (Fsp3) is 0.292. The molecule has 1 saturated heterocycles. The molecule has 7 heteroatoms. The van der Waals surface area contributed by atoms with E-state index in [0.717, 1.165) is 23.9 Å². The number of hydrogen-bond donors (Lipinski definition) is 0. The minimum Gasteiger partial charge on any atom is -0.368 e. The maximum atomic E-state index is 14.3. The number of rotatable bonds is 2. The Labute approximate surface area is 179 Å². The summed E-state index contributed by atoms with van der Waals surface area (Å²) in [5, 5.41) is 13.8. The van der Waals surface area contributed by atoms with Crippen molar-refractivity contribution in [3.05, 3.63) is 82.9 Å². The Morgan fingerprint density at radius 2 is 1.94 bits per heavy atom. The van der Waals surface area contributed by atoms with Gasteiger partial charge in [-0.3, -0.25) is 4.79 Å². The number of aromatic nitrogens is 2. The van der Waals surface area contributed by atoms with Crippen LogP contribution >= 0.6 is 0 Å². The number of carbonyl (C=O) groups is 1. The normalized spacial score (nSPS) is 17.2. The summed E-state index contributed by atoms with van der Waals surface area (Å²) in [6.07, 6.45) is 4.09. The van der Waals surface area contributed by atoms with Gasteiger partial charge in [0, 0.05) is 19.3 Å². The molecule has 0 radical (unpaired) electrons. The summed E-state index contributed by atoms with van der Waals surface area (Å²) in [5.74, 6) is -1.02. The van der Waals surface area contributed by atoms with Crippen molar-refractivity contribution in [3.8, 4) is 11.8 Å². The summed E-state index contributed by atoms with van der Waals surface area (Å²) in [6, 6.07) is 15.8. The van der Waals surface area contributed by atoms with E-state index in [1.807, 2.05) is 41.1 Å². The average Bonchev–Trinajstić information content (AvgIpc) is 3.26. The van der Waals surface area contributed by atoms with Gasteiger partial charge in [0.05, 0.1) is 35.2 Å². The first kappa shape index (κ1) is 19.5. The van der Waals surface area contributed by atoms with Gasteiger partial charge < -0.3 is 9.64 Å². The molecule has 1 fully saturated rings. The van der Waals surface area contributed by atoms with Crippen molar-refractivity contribution in [1.29, 1.82) is 5.26 Å². The number of nitrogens with zero attached hydrogens (tertiary/aromatic N) is 4. The molecule has 2 aliphatic heterocycles. The van der Waals surface area contributed by atoms with Crippen LogP contribution in [0.2, 0.25) is 0 Å². The Hall–Kier alpha value is -3.50. The molecule has 5 rings (SSSR count). The predicted molar refractivity (Wildman–Crippen MR) is 111 cm³/mol. The van der Waals surface area contributed by atoms with E-state index >= 15 is 0 Å². The van der Waals surface area contributed by atoms with Crippen LogP contribution in [0.5, 0.6) is 0 Å². The van der Waals surface area contributed by atoms with Gasteiger partial charge in [-0.25, -0.2) is 9.07 Å². The van der Waals surface area contributed by atoms with Gasteiger partial charge in [0.1, 0.15) is 11.4 Å². The lowest BCUT2D eigenvalue weighted by Crippen LogP contribution is -2.48. The van der Waals surface area contributed by atoms with Crippen molar-refractivity contribution >= 4 is 5.91 Å². The zero-order valence-electron chi connectivity index (χ0n) is 16.9. The molecule has 2 aliphatic rings. The van der Waals surface area contributed by atoms with Crippen molar-refractivity contribution < 1.29 is 13.9 Å². The minimum absolute atomic E-state index is 0.00597. The number of benzene rings is 2. The van der Waals surface area contributed by atoms with Gasteiger partial charge >= 0.3 is 0 Å². The van der Waals surface area contributed by atoms with E-state index in [1.54, 1.807) is 4.90 Å². The lowest BCUT2D eigenvalue weighted by atomic mass is 9.83. The summed E-state index contributed by atoms with van der Waals surface area (Å²) < 4.78 is 22.5. The first-order chi connectivity index (χ1) is 15.1. The van der Waals surface area contributed by atoms with Crippen LogP contribution in [0.1, 0.15) is 40.0 Å². The number of hydrogen-bond acceptors (Lipinski definition) is 4. The van der Waals surface area contributed by atoms with Crippen molar-refractivity contribution in [2.75, 3.05) is 19.7 Å². The molecule has 31 heavy (non-hydrogen) atoms. The number of para-hydroxylation sites is 1. The van der Waals surface area contributed by atoms with Crippen LogP contribution in [0.3, 0.4) is 0 Å². The highest BCUT2D eigenvalue weighted by Crippen LogP contribution is 2.41. The molecule has 0 aliphatic carbocycles. The second-order valence-corrected chi connectivity index (χ2v) is 7.97. The van der Waals surface area contributed by atoms with E-state index in [1.165, 1.54) is 17.7 Å². The highest BCUT2D eigenvalue weighted by molar-refractivity contribution is 5.94. The molecule has 6 nitrogen and oxygen atoms in total. The Morgan fingerprint density at radius 1 is 1.16 bits per heavy atom. The standard InChI is InChI=1S/C24H21FN4O2/c25-21-14-17(15-26)6-7-20(21)23(30)28-11-9-24(10-12-28)22-18(8-13-31-24)16-29(27-22)19-4-2-1-3-5-19/h1-7,14,16H,8-13H2. The monoisotopic (exact) mass is 416 g/mol. The number of piperidine rings is 1. The summed E-state index contributed by atoms with van der Waals surface area (Å²) in [4.78, 5) is 14.5. The number of fused-ring (bicyclic) bond motifs is 2. The molecule has 156 valence electrons. The Bertz CT molecular complexity index is 1170. The number of carbonyl (C=O) groups excluding carboxylic acids is 1. The number of likely N-dealkylation sites (tertiary alicyclic amines) is 1. The molecule has 1 spiro atoms. The Morgan fingerprint density at radius 3 is 2.65 bits per heavy atom. The summed E-state index contributed by atoms with van der Waals surface area (Å²) in [6.45, 7) is 1.53. The number of amides is 1. The van der Waals surface area contributed by atoms with Crippen molar-refractivity contribution in [1.82, 2.24) is 14.7 Å². The molecular weight excluding hydrogens is 395 g/mol. The number of nitriles is 1. The molecule has 0 saturated carbocycles. The smallest absolute Gasteiger partial charge is 0.256 e. The lowest BCUT2D eigenvalue weighted by Gasteiger charge is -2.43. The van der Waals surface area contributed by atoms with Crippen LogP contribution in [-0.2, 0) is 16.8 Å². The molecule has 0 bridgehead atoms. The van der Waals surface area contributed by atoms with Crippen LogP contribution in [0, 0.1) is 17.1 Å². The topological polar surface area (TPSA) is 71.2 Å². The molecule has 1 aromatic heterocycles. The van der Waals surface area contributed by atoms with E-state index in [2.05, 4.69) is 6.20 Å². The molecule has 0 unspecified atom stereocenters. The van der Waals surface area contributed by atoms with E-state index in [4.69, 9.17) is 15.1 Å². The Balaban J connectivity index is 1.37. The van der Waals surface area contributed by atoms with Crippen LogP contribution in [0.25, 0.3) is 5.69 Å². The van der Waals surface area contributed by atoms with Crippen molar-refractivity contribution in [2.24, 2.45) is 0 Å². The quantitative estimate of drug-likeness (QED) is 0.640. The average molecular weight is 416 g/mol. The SMILES string of the molecule is N#Cc1ccc(C(=O)N2CCC3(CC2)OCCc2cn(-c4ccccc4)nc23)c(F)c1. The summed E-state index contributed by atoms with van der Waals surface area (Å²) in [5.41, 5.74) is 2.79. The van der Waals surface area contributed by atoms with E-state index in [-0.39, 0.29) is 17.0 Å². The Kier molecular flexibility index (Phi) is 4.79. The van der Waals surface area contributed by atoms with Crippen LogP contribution < -0.4 is 0 Å². The highest BCUT2D eigenvalue weighted by atomic mass is 19.1. The van der Waals surface area contributed by atoms with Crippen LogP contribution in [-0.4, -0.2) is 40.3 Å². The van der Waals surface area contributed by atoms with E-state index in [0.29, 0.717) is 32.5 Å². The first-order valence-corrected chi connectivity index (χ1v) is 10.4. The third-order valence-electron chi connectivity index (χ3n) is 6.18. The molecule has 0 atom stereocenters. The predicted octanol–water partition coefficient (Wildman–Crippen LogP) is 3.59. The van der Waals surface area contributed by atoms with Gasteiger partial charge in [0.15, 0.2) is 0 Å². The third-order valence-corrected chi connectivity index (χ3v) is 6.18. The second kappa shape index (κ2) is 7.64. The van der Waals surface area contributed by atoms with Crippen LogP contribution in [0.4, 0.5) is 4.39 Å². The van der Waals surface area contributed by atoms with E-state index in [9.17, 15) is 9.18 Å².